The monoisotopic (exact) mass is 314 g/mol. The van der Waals surface area contributed by atoms with E-state index in [-0.39, 0.29) is 36.0 Å². The second-order valence-corrected chi connectivity index (χ2v) is 5.01. The molecule has 0 N–H and O–H groups in total. The Morgan fingerprint density at radius 2 is 1.61 bits per heavy atom. The van der Waals surface area contributed by atoms with Crippen LogP contribution in [0.2, 0.25) is 0 Å². The number of hydrogen-bond acceptors (Lipinski definition) is 3. The SMILES string of the molecule is O=C([O-])CCc1nn(-c2ccccc2)cc1-c1ccccc1.[Na+]. The summed E-state index contributed by atoms with van der Waals surface area (Å²) >= 11 is 0. The molecule has 4 nitrogen and oxygen atoms in total. The Balaban J connectivity index is 0.00000192. The number of aryl methyl sites for hydroxylation is 1. The van der Waals surface area contributed by atoms with E-state index in [2.05, 4.69) is 5.10 Å². The van der Waals surface area contributed by atoms with Gasteiger partial charge in [-0.05, 0) is 30.5 Å². The first-order valence-electron chi connectivity index (χ1n) is 7.13. The van der Waals surface area contributed by atoms with Crippen LogP contribution in [0.3, 0.4) is 0 Å². The van der Waals surface area contributed by atoms with Gasteiger partial charge in [0, 0.05) is 17.7 Å². The summed E-state index contributed by atoms with van der Waals surface area (Å²) in [6.45, 7) is 0. The minimum atomic E-state index is -1.06. The molecule has 1 aromatic heterocycles. The van der Waals surface area contributed by atoms with Gasteiger partial charge < -0.3 is 9.90 Å². The van der Waals surface area contributed by atoms with E-state index in [0.717, 1.165) is 22.5 Å². The van der Waals surface area contributed by atoms with E-state index in [0.29, 0.717) is 6.42 Å². The molecule has 0 aliphatic heterocycles. The molecule has 3 rings (SSSR count). The third kappa shape index (κ3) is 4.32. The zero-order valence-electron chi connectivity index (χ0n) is 13.0. The predicted molar refractivity (Wildman–Crippen MR) is 82.3 cm³/mol. The van der Waals surface area contributed by atoms with E-state index in [9.17, 15) is 9.90 Å². The van der Waals surface area contributed by atoms with Crippen molar-refractivity contribution in [3.63, 3.8) is 0 Å². The summed E-state index contributed by atoms with van der Waals surface area (Å²) in [6.07, 6.45) is 2.26. The fourth-order valence-electron chi connectivity index (χ4n) is 2.39. The first-order chi connectivity index (χ1) is 10.7. The van der Waals surface area contributed by atoms with E-state index < -0.39 is 5.97 Å². The average molecular weight is 314 g/mol. The molecule has 0 aliphatic carbocycles. The van der Waals surface area contributed by atoms with Gasteiger partial charge in [-0.15, -0.1) is 0 Å². The standard InChI is InChI=1S/C18H16N2O2.Na/c21-18(22)12-11-17-16(14-7-3-1-4-8-14)13-20(19-17)15-9-5-2-6-10-15;/h1-10,13H,11-12H2,(H,21,22);/q;+1/p-1. The largest absolute Gasteiger partial charge is 1.00 e. The number of nitrogens with zero attached hydrogens (tertiary/aromatic N) is 2. The Kier molecular flexibility index (Phi) is 6.16. The van der Waals surface area contributed by atoms with Crippen molar-refractivity contribution in [2.75, 3.05) is 0 Å². The number of aliphatic carboxylic acids is 1. The molecule has 2 aromatic carbocycles. The van der Waals surface area contributed by atoms with E-state index in [1.807, 2.05) is 66.9 Å². The van der Waals surface area contributed by atoms with E-state index in [4.69, 9.17) is 0 Å². The average Bonchev–Trinajstić information content (AvgIpc) is 2.99. The van der Waals surface area contributed by atoms with Crippen molar-refractivity contribution in [3.8, 4) is 16.8 Å². The molecule has 0 amide bonds. The second-order valence-electron chi connectivity index (χ2n) is 5.01. The fourth-order valence-corrected chi connectivity index (χ4v) is 2.39. The maximum Gasteiger partial charge on any atom is 1.00 e. The molecule has 0 fully saturated rings. The van der Waals surface area contributed by atoms with Gasteiger partial charge in [0.15, 0.2) is 0 Å². The first kappa shape index (κ1) is 17.5. The topological polar surface area (TPSA) is 57.9 Å². The van der Waals surface area contributed by atoms with Crippen LogP contribution in [0.15, 0.2) is 66.9 Å². The zero-order chi connectivity index (χ0) is 15.4. The first-order valence-corrected chi connectivity index (χ1v) is 7.13. The molecule has 110 valence electrons. The summed E-state index contributed by atoms with van der Waals surface area (Å²) in [6, 6.07) is 19.6. The predicted octanol–water partition coefficient (Wildman–Crippen LogP) is -0.774. The van der Waals surface area contributed by atoms with Crippen LogP contribution in [0.25, 0.3) is 16.8 Å². The van der Waals surface area contributed by atoms with Crippen LogP contribution < -0.4 is 34.7 Å². The van der Waals surface area contributed by atoms with Crippen LogP contribution in [-0.2, 0) is 11.2 Å². The van der Waals surface area contributed by atoms with Crippen LogP contribution in [0, 0.1) is 0 Å². The van der Waals surface area contributed by atoms with Crippen LogP contribution in [0.1, 0.15) is 12.1 Å². The number of hydrogen-bond donors (Lipinski definition) is 0. The van der Waals surface area contributed by atoms with Crippen LogP contribution >= 0.6 is 0 Å². The number of benzene rings is 2. The number of carbonyl (C=O) groups excluding carboxylic acids is 1. The Labute approximate surface area is 157 Å². The summed E-state index contributed by atoms with van der Waals surface area (Å²) in [7, 11) is 0. The molecular weight excluding hydrogens is 299 g/mol. The van der Waals surface area contributed by atoms with Gasteiger partial charge in [-0.3, -0.25) is 0 Å². The van der Waals surface area contributed by atoms with Gasteiger partial charge in [0.1, 0.15) is 0 Å². The smallest absolute Gasteiger partial charge is 0.550 e. The van der Waals surface area contributed by atoms with Gasteiger partial charge in [0.25, 0.3) is 0 Å². The van der Waals surface area contributed by atoms with E-state index >= 15 is 0 Å². The molecule has 0 saturated heterocycles. The molecule has 0 radical (unpaired) electrons. The van der Waals surface area contributed by atoms with E-state index in [1.165, 1.54) is 0 Å². The third-order valence-corrected chi connectivity index (χ3v) is 3.46. The summed E-state index contributed by atoms with van der Waals surface area (Å²) in [5.74, 6) is -1.06. The van der Waals surface area contributed by atoms with Crippen molar-refractivity contribution in [1.82, 2.24) is 9.78 Å². The van der Waals surface area contributed by atoms with Crippen molar-refractivity contribution in [2.24, 2.45) is 0 Å². The second kappa shape index (κ2) is 8.11. The number of aromatic nitrogens is 2. The van der Waals surface area contributed by atoms with Gasteiger partial charge in [0.2, 0.25) is 0 Å². The normalized spacial score (nSPS) is 10.1. The minimum Gasteiger partial charge on any atom is -0.550 e. The number of carbonyl (C=O) groups is 1. The van der Waals surface area contributed by atoms with Crippen LogP contribution in [-0.4, -0.2) is 15.7 Å². The minimum absolute atomic E-state index is 0. The van der Waals surface area contributed by atoms with Gasteiger partial charge in [-0.2, -0.15) is 5.10 Å². The molecule has 0 spiro atoms. The van der Waals surface area contributed by atoms with Crippen LogP contribution in [0.5, 0.6) is 0 Å². The summed E-state index contributed by atoms with van der Waals surface area (Å²) in [5.41, 5.74) is 3.68. The third-order valence-electron chi connectivity index (χ3n) is 3.46. The molecule has 23 heavy (non-hydrogen) atoms. The van der Waals surface area contributed by atoms with Gasteiger partial charge in [0.05, 0.1) is 11.4 Å². The molecular formula is C18H15N2NaO2. The number of para-hydroxylation sites is 1. The molecule has 1 heterocycles. The Bertz CT molecular complexity index is 770. The molecule has 0 saturated carbocycles. The van der Waals surface area contributed by atoms with Crippen molar-refractivity contribution in [2.45, 2.75) is 12.8 Å². The Morgan fingerprint density at radius 1 is 1.00 bits per heavy atom. The molecule has 0 atom stereocenters. The molecule has 0 unspecified atom stereocenters. The van der Waals surface area contributed by atoms with Crippen molar-refractivity contribution < 1.29 is 39.5 Å². The number of carboxylic acids is 1. The maximum atomic E-state index is 10.8. The van der Waals surface area contributed by atoms with Crippen molar-refractivity contribution in [1.29, 1.82) is 0 Å². The van der Waals surface area contributed by atoms with E-state index in [1.54, 1.807) is 4.68 Å². The summed E-state index contributed by atoms with van der Waals surface area (Å²) in [5, 5.41) is 15.3. The van der Waals surface area contributed by atoms with Gasteiger partial charge >= 0.3 is 29.6 Å². The van der Waals surface area contributed by atoms with Gasteiger partial charge in [-0.25, -0.2) is 4.68 Å². The van der Waals surface area contributed by atoms with Gasteiger partial charge in [-0.1, -0.05) is 48.5 Å². The van der Waals surface area contributed by atoms with Crippen molar-refractivity contribution >= 4 is 5.97 Å². The summed E-state index contributed by atoms with van der Waals surface area (Å²) < 4.78 is 1.78. The number of rotatable bonds is 5. The fraction of sp³-hybridized carbons (Fsp3) is 0.111. The maximum absolute atomic E-state index is 10.8. The van der Waals surface area contributed by atoms with Crippen LogP contribution in [0.4, 0.5) is 0 Å². The van der Waals surface area contributed by atoms with Crippen molar-refractivity contribution in [3.05, 3.63) is 72.6 Å². The Hall–Kier alpha value is -1.88. The quantitative estimate of drug-likeness (QED) is 0.581. The summed E-state index contributed by atoms with van der Waals surface area (Å²) in [4.78, 5) is 10.8. The molecule has 5 heteroatoms. The molecule has 0 aliphatic rings. The molecule has 3 aromatic rings. The molecule has 0 bridgehead atoms. The zero-order valence-corrected chi connectivity index (χ0v) is 15.0. The number of carboxylic acid groups (broad SMARTS) is 1. The Morgan fingerprint density at radius 3 is 2.22 bits per heavy atom.